The third-order valence-electron chi connectivity index (χ3n) is 1.09. The van der Waals surface area contributed by atoms with Gasteiger partial charge in [-0.15, -0.1) is 0 Å². The Bertz CT molecular complexity index is 151. The summed E-state index contributed by atoms with van der Waals surface area (Å²) >= 11 is 0. The molecule has 0 aromatic heterocycles. The molecule has 0 saturated carbocycles. The molecule has 0 spiro atoms. The van der Waals surface area contributed by atoms with E-state index >= 15 is 0 Å². The van der Waals surface area contributed by atoms with Crippen molar-refractivity contribution in [2.75, 3.05) is 26.4 Å². The molecule has 0 atom stereocenters. The minimum atomic E-state index is -0.442. The van der Waals surface area contributed by atoms with Crippen molar-refractivity contribution in [3.05, 3.63) is 0 Å². The van der Waals surface area contributed by atoms with E-state index in [4.69, 9.17) is 14.6 Å². The van der Waals surface area contributed by atoms with Gasteiger partial charge in [-0.2, -0.15) is 0 Å². The Morgan fingerprint density at radius 1 is 1.31 bits per heavy atom. The molecule has 0 unspecified atom stereocenters. The van der Waals surface area contributed by atoms with Crippen LogP contribution in [-0.4, -0.2) is 43.7 Å². The van der Waals surface area contributed by atoms with Gasteiger partial charge in [-0.05, 0) is 13.8 Å². The smallest absolute Gasteiger partial charge is 0.407 e. The molecule has 0 aromatic rings. The largest absolute Gasteiger partial charge is 0.447 e. The highest BCUT2D eigenvalue weighted by atomic mass is 16.6. The molecule has 0 bridgehead atoms. The van der Waals surface area contributed by atoms with Crippen LogP contribution in [0.2, 0.25) is 0 Å². The fraction of sp³-hybridized carbons (Fsp3) is 0.909. The molecule has 0 radical (unpaired) electrons. The first kappa shape index (κ1) is 17.6. The highest BCUT2D eigenvalue weighted by Gasteiger charge is 2.02. The molecule has 0 aliphatic rings. The van der Waals surface area contributed by atoms with Crippen molar-refractivity contribution in [1.29, 1.82) is 0 Å². The van der Waals surface area contributed by atoms with Gasteiger partial charge in [0.1, 0.15) is 0 Å². The first-order chi connectivity index (χ1) is 7.58. The zero-order chi connectivity index (χ0) is 12.8. The maximum absolute atomic E-state index is 10.8. The molecule has 5 heteroatoms. The minimum absolute atomic E-state index is 0.00353. The number of hydrogen-bond acceptors (Lipinski definition) is 4. The van der Waals surface area contributed by atoms with Crippen molar-refractivity contribution in [3.63, 3.8) is 0 Å². The molecule has 0 aliphatic heterocycles. The molecule has 16 heavy (non-hydrogen) atoms. The fourth-order valence-electron chi connectivity index (χ4n) is 0.648. The first-order valence-corrected chi connectivity index (χ1v) is 5.71. The normalized spacial score (nSPS) is 9.38. The number of amides is 1. The molecule has 5 nitrogen and oxygen atoms in total. The molecule has 2 N–H and O–H groups in total. The van der Waals surface area contributed by atoms with Gasteiger partial charge in [0, 0.05) is 6.54 Å². The Labute approximate surface area is 98.1 Å². The van der Waals surface area contributed by atoms with Gasteiger partial charge in [-0.25, -0.2) is 4.79 Å². The monoisotopic (exact) mass is 235 g/mol. The Balaban J connectivity index is 0. The van der Waals surface area contributed by atoms with Crippen molar-refractivity contribution in [2.45, 2.75) is 40.2 Å². The maximum atomic E-state index is 10.8. The van der Waals surface area contributed by atoms with Crippen LogP contribution in [-0.2, 0) is 9.47 Å². The second-order valence-corrected chi connectivity index (χ2v) is 3.42. The van der Waals surface area contributed by atoms with E-state index in [2.05, 4.69) is 19.2 Å². The van der Waals surface area contributed by atoms with E-state index in [-0.39, 0.29) is 12.7 Å². The average molecular weight is 235 g/mol. The van der Waals surface area contributed by atoms with E-state index in [1.807, 2.05) is 0 Å². The predicted octanol–water partition coefficient (Wildman–Crippen LogP) is 1.55. The summed E-state index contributed by atoms with van der Waals surface area (Å²) in [4.78, 5) is 10.8. The minimum Gasteiger partial charge on any atom is -0.447 e. The van der Waals surface area contributed by atoms with Gasteiger partial charge < -0.3 is 19.9 Å². The first-order valence-electron chi connectivity index (χ1n) is 5.71. The Kier molecular flexibility index (Phi) is 15.6. The predicted molar refractivity (Wildman–Crippen MR) is 63.5 cm³/mol. The molecule has 0 aliphatic carbocycles. The molecular weight excluding hydrogens is 210 g/mol. The topological polar surface area (TPSA) is 67.8 Å². The molecule has 0 rings (SSSR count). The number of aliphatic hydroxyl groups is 1. The Morgan fingerprint density at radius 3 is 2.31 bits per heavy atom. The maximum Gasteiger partial charge on any atom is 0.407 e. The Hall–Kier alpha value is -0.810. The number of carbonyl (C=O) groups excluding carboxylic acids is 1. The van der Waals surface area contributed by atoms with E-state index in [1.54, 1.807) is 13.8 Å². The zero-order valence-electron chi connectivity index (χ0n) is 10.8. The molecule has 0 heterocycles. The molecule has 98 valence electrons. The van der Waals surface area contributed by atoms with Crippen LogP contribution in [0, 0.1) is 0 Å². The molecule has 0 fully saturated rings. The summed E-state index contributed by atoms with van der Waals surface area (Å²) in [6, 6.07) is 0. The highest BCUT2D eigenvalue weighted by molar-refractivity contribution is 5.67. The van der Waals surface area contributed by atoms with E-state index in [0.717, 1.165) is 0 Å². The summed E-state index contributed by atoms with van der Waals surface area (Å²) in [6.45, 7) is 8.88. The van der Waals surface area contributed by atoms with E-state index in [0.29, 0.717) is 19.8 Å². The van der Waals surface area contributed by atoms with Gasteiger partial charge in [0.2, 0.25) is 0 Å². The summed E-state index contributed by atoms with van der Waals surface area (Å²) in [5.74, 6) is 0. The second-order valence-electron chi connectivity index (χ2n) is 3.42. The van der Waals surface area contributed by atoms with Gasteiger partial charge in [0.05, 0.1) is 25.9 Å². The van der Waals surface area contributed by atoms with Gasteiger partial charge in [0.15, 0.2) is 0 Å². The highest BCUT2D eigenvalue weighted by Crippen LogP contribution is 1.87. The summed E-state index contributed by atoms with van der Waals surface area (Å²) in [6.07, 6.45) is 0.695. The van der Waals surface area contributed by atoms with E-state index < -0.39 is 6.09 Å². The lowest BCUT2D eigenvalue weighted by atomic mass is 10.5. The van der Waals surface area contributed by atoms with Crippen LogP contribution in [0.1, 0.15) is 34.1 Å². The SMILES string of the molecule is CC(C)OC(=O)NCCOCCO.CCC. The third kappa shape index (κ3) is 18.9. The lowest BCUT2D eigenvalue weighted by Crippen LogP contribution is -2.30. The van der Waals surface area contributed by atoms with Crippen LogP contribution in [0.3, 0.4) is 0 Å². The number of nitrogens with one attached hydrogen (secondary N) is 1. The number of rotatable bonds is 6. The number of ether oxygens (including phenoxy) is 2. The van der Waals surface area contributed by atoms with Gasteiger partial charge in [-0.1, -0.05) is 20.3 Å². The zero-order valence-corrected chi connectivity index (χ0v) is 10.8. The summed E-state index contributed by atoms with van der Waals surface area (Å²) < 4.78 is 9.72. The molecule has 0 saturated heterocycles. The average Bonchev–Trinajstić information content (AvgIpc) is 2.17. The van der Waals surface area contributed by atoms with Gasteiger partial charge in [0.25, 0.3) is 0 Å². The van der Waals surface area contributed by atoms with E-state index in [1.165, 1.54) is 6.42 Å². The quantitative estimate of drug-likeness (QED) is 0.685. The van der Waals surface area contributed by atoms with Crippen LogP contribution >= 0.6 is 0 Å². The summed E-state index contributed by atoms with van der Waals surface area (Å²) in [7, 11) is 0. The van der Waals surface area contributed by atoms with Gasteiger partial charge >= 0.3 is 6.09 Å². The third-order valence-corrected chi connectivity index (χ3v) is 1.09. The number of aliphatic hydroxyl groups excluding tert-OH is 1. The molecule has 1 amide bonds. The molecular formula is C11H25NO4. The van der Waals surface area contributed by atoms with Crippen LogP contribution in [0.4, 0.5) is 4.79 Å². The van der Waals surface area contributed by atoms with E-state index in [9.17, 15) is 4.79 Å². The van der Waals surface area contributed by atoms with Crippen LogP contribution in [0.15, 0.2) is 0 Å². The molecule has 0 aromatic carbocycles. The fourth-order valence-corrected chi connectivity index (χ4v) is 0.648. The van der Waals surface area contributed by atoms with Crippen molar-refractivity contribution >= 4 is 6.09 Å². The van der Waals surface area contributed by atoms with Crippen LogP contribution < -0.4 is 5.32 Å². The lowest BCUT2D eigenvalue weighted by molar-refractivity contribution is 0.0864. The number of hydrogen-bond donors (Lipinski definition) is 2. The van der Waals surface area contributed by atoms with Gasteiger partial charge in [-0.3, -0.25) is 0 Å². The number of alkyl carbamates (subject to hydrolysis) is 1. The Morgan fingerprint density at radius 2 is 1.88 bits per heavy atom. The van der Waals surface area contributed by atoms with Crippen molar-refractivity contribution in [1.82, 2.24) is 5.32 Å². The van der Waals surface area contributed by atoms with Crippen LogP contribution in [0.5, 0.6) is 0 Å². The van der Waals surface area contributed by atoms with Crippen molar-refractivity contribution in [2.24, 2.45) is 0 Å². The van der Waals surface area contributed by atoms with Crippen molar-refractivity contribution < 1.29 is 19.4 Å². The van der Waals surface area contributed by atoms with Crippen LogP contribution in [0.25, 0.3) is 0 Å². The summed E-state index contributed by atoms with van der Waals surface area (Å²) in [5.41, 5.74) is 0. The second kappa shape index (κ2) is 14.2. The lowest BCUT2D eigenvalue weighted by Gasteiger charge is -2.09. The summed E-state index contributed by atoms with van der Waals surface area (Å²) in [5, 5.41) is 10.9. The standard InChI is InChI=1S/C8H17NO4.C3H8/c1-7(2)13-8(11)9-3-5-12-6-4-10;1-3-2/h7,10H,3-6H2,1-2H3,(H,9,11);3H2,1-2H3. The van der Waals surface area contributed by atoms with Crippen molar-refractivity contribution in [3.8, 4) is 0 Å². The number of carbonyl (C=O) groups is 1.